The smallest absolute Gasteiger partial charge is 0.410 e. The van der Waals surface area contributed by atoms with Crippen LogP contribution in [-0.2, 0) is 16.1 Å². The van der Waals surface area contributed by atoms with Gasteiger partial charge in [-0.3, -0.25) is 9.78 Å². The van der Waals surface area contributed by atoms with Gasteiger partial charge in [-0.1, -0.05) is 11.6 Å². The van der Waals surface area contributed by atoms with Crippen molar-refractivity contribution in [3.05, 3.63) is 41.7 Å². The Hall–Kier alpha value is -2.37. The molecule has 1 saturated heterocycles. The number of carbonyl (C=O) groups excluding carboxylic acids is 2. The van der Waals surface area contributed by atoms with Crippen LogP contribution in [0.5, 0.6) is 0 Å². The molecule has 1 aliphatic heterocycles. The monoisotopic (exact) mass is 385 g/mol. The molecule has 0 atom stereocenters. The van der Waals surface area contributed by atoms with E-state index in [1.807, 2.05) is 49.9 Å². The van der Waals surface area contributed by atoms with E-state index in [4.69, 9.17) is 4.74 Å². The van der Waals surface area contributed by atoms with Crippen molar-refractivity contribution in [2.24, 2.45) is 0 Å². The summed E-state index contributed by atoms with van der Waals surface area (Å²) in [5.74, 6) is 0.0658. The van der Waals surface area contributed by atoms with Gasteiger partial charge in [-0.15, -0.1) is 0 Å². The molecule has 0 N–H and O–H groups in total. The topological polar surface area (TPSA) is 62.7 Å². The maximum atomic E-state index is 13.0. The van der Waals surface area contributed by atoms with E-state index in [-0.39, 0.29) is 18.0 Å². The number of allylic oxidation sites excluding steroid dienone is 1. The Morgan fingerprint density at radius 2 is 1.96 bits per heavy atom. The van der Waals surface area contributed by atoms with Gasteiger partial charge in [-0.2, -0.15) is 0 Å². The third-order valence-corrected chi connectivity index (χ3v) is 5.22. The van der Waals surface area contributed by atoms with Crippen LogP contribution in [0.4, 0.5) is 4.79 Å². The molecule has 2 fully saturated rings. The molecule has 6 nitrogen and oxygen atoms in total. The molecule has 2 amide bonds. The number of nitrogens with zero attached hydrogens (tertiary/aromatic N) is 3. The molecule has 28 heavy (non-hydrogen) atoms. The number of rotatable bonds is 4. The molecule has 1 aromatic rings. The quantitative estimate of drug-likeness (QED) is 0.737. The number of ether oxygens (including phenoxy) is 1. The summed E-state index contributed by atoms with van der Waals surface area (Å²) in [6.45, 7) is 7.32. The van der Waals surface area contributed by atoms with Crippen molar-refractivity contribution < 1.29 is 14.3 Å². The molecular formula is C22H31N3O3. The zero-order valence-corrected chi connectivity index (χ0v) is 17.2. The van der Waals surface area contributed by atoms with Crippen LogP contribution in [0, 0.1) is 0 Å². The Morgan fingerprint density at radius 1 is 1.25 bits per heavy atom. The minimum atomic E-state index is -0.496. The molecule has 3 rings (SSSR count). The molecule has 1 aromatic heterocycles. The molecule has 1 saturated carbocycles. The largest absolute Gasteiger partial charge is 0.444 e. The number of aromatic nitrogens is 1. The minimum Gasteiger partial charge on any atom is -0.444 e. The second-order valence-electron chi connectivity index (χ2n) is 8.64. The predicted molar refractivity (Wildman–Crippen MR) is 108 cm³/mol. The summed E-state index contributed by atoms with van der Waals surface area (Å²) in [5.41, 5.74) is 1.63. The van der Waals surface area contributed by atoms with Crippen LogP contribution in [0.3, 0.4) is 0 Å². The van der Waals surface area contributed by atoms with Gasteiger partial charge in [0.15, 0.2) is 0 Å². The Labute approximate surface area is 167 Å². The highest BCUT2D eigenvalue weighted by Crippen LogP contribution is 2.27. The highest BCUT2D eigenvalue weighted by Gasteiger charge is 2.31. The summed E-state index contributed by atoms with van der Waals surface area (Å²) in [7, 11) is 0. The van der Waals surface area contributed by atoms with E-state index in [0.29, 0.717) is 19.6 Å². The SMILES string of the molecule is CC(C)(C)OC(=O)N1CCC(N(Cc2ccccn2)C(=O)C=C2CCC2)CC1. The zero-order valence-electron chi connectivity index (χ0n) is 17.2. The summed E-state index contributed by atoms with van der Waals surface area (Å²) >= 11 is 0. The first-order valence-electron chi connectivity index (χ1n) is 10.2. The van der Waals surface area contributed by atoms with Crippen molar-refractivity contribution in [1.82, 2.24) is 14.8 Å². The van der Waals surface area contributed by atoms with E-state index in [1.54, 1.807) is 11.1 Å². The number of hydrogen-bond donors (Lipinski definition) is 0. The fraction of sp³-hybridized carbons (Fsp3) is 0.591. The van der Waals surface area contributed by atoms with Crippen LogP contribution < -0.4 is 0 Å². The first-order valence-corrected chi connectivity index (χ1v) is 10.2. The van der Waals surface area contributed by atoms with Crippen LogP contribution in [-0.4, -0.2) is 51.5 Å². The third-order valence-electron chi connectivity index (χ3n) is 5.22. The first-order chi connectivity index (χ1) is 13.3. The van der Waals surface area contributed by atoms with Crippen LogP contribution in [0.2, 0.25) is 0 Å². The van der Waals surface area contributed by atoms with Crippen molar-refractivity contribution in [3.8, 4) is 0 Å². The van der Waals surface area contributed by atoms with Crippen molar-refractivity contribution >= 4 is 12.0 Å². The van der Waals surface area contributed by atoms with Gasteiger partial charge in [0.05, 0.1) is 12.2 Å². The minimum absolute atomic E-state index is 0.0658. The second-order valence-corrected chi connectivity index (χ2v) is 8.64. The second kappa shape index (κ2) is 8.76. The Kier molecular flexibility index (Phi) is 6.37. The number of pyridine rings is 1. The number of hydrogen-bond acceptors (Lipinski definition) is 4. The van der Waals surface area contributed by atoms with E-state index >= 15 is 0 Å². The van der Waals surface area contributed by atoms with Crippen LogP contribution in [0.1, 0.15) is 58.6 Å². The maximum Gasteiger partial charge on any atom is 0.410 e. The first kappa shape index (κ1) is 20.4. The van der Waals surface area contributed by atoms with E-state index in [0.717, 1.165) is 31.4 Å². The number of piperidine rings is 1. The summed E-state index contributed by atoms with van der Waals surface area (Å²) in [4.78, 5) is 33.4. The van der Waals surface area contributed by atoms with Gasteiger partial charge in [0.2, 0.25) is 5.91 Å². The van der Waals surface area contributed by atoms with E-state index in [9.17, 15) is 9.59 Å². The Balaban J connectivity index is 1.65. The zero-order chi connectivity index (χ0) is 20.1. The molecule has 152 valence electrons. The van der Waals surface area contributed by atoms with Gasteiger partial charge < -0.3 is 14.5 Å². The lowest BCUT2D eigenvalue weighted by Gasteiger charge is -2.38. The average molecular weight is 386 g/mol. The molecule has 1 aliphatic carbocycles. The molecule has 0 unspecified atom stereocenters. The van der Waals surface area contributed by atoms with Gasteiger partial charge in [-0.25, -0.2) is 4.79 Å². The molecular weight excluding hydrogens is 354 g/mol. The normalized spacial score (nSPS) is 17.7. The highest BCUT2D eigenvalue weighted by atomic mass is 16.6. The molecule has 2 aliphatic rings. The van der Waals surface area contributed by atoms with E-state index in [2.05, 4.69) is 4.98 Å². The van der Waals surface area contributed by atoms with E-state index < -0.39 is 5.60 Å². The molecule has 0 spiro atoms. The van der Waals surface area contributed by atoms with Crippen molar-refractivity contribution in [3.63, 3.8) is 0 Å². The lowest BCUT2D eigenvalue weighted by atomic mass is 9.92. The Morgan fingerprint density at radius 3 is 2.50 bits per heavy atom. The fourth-order valence-electron chi connectivity index (χ4n) is 3.52. The maximum absolute atomic E-state index is 13.0. The summed E-state index contributed by atoms with van der Waals surface area (Å²) in [6.07, 6.45) is 8.03. The van der Waals surface area contributed by atoms with Crippen molar-refractivity contribution in [2.75, 3.05) is 13.1 Å². The van der Waals surface area contributed by atoms with Gasteiger partial charge in [0, 0.05) is 31.4 Å². The third kappa shape index (κ3) is 5.57. The molecule has 0 bridgehead atoms. The number of likely N-dealkylation sites (tertiary alicyclic amines) is 1. The molecule has 2 heterocycles. The van der Waals surface area contributed by atoms with Crippen LogP contribution in [0.25, 0.3) is 0 Å². The Bertz CT molecular complexity index is 710. The van der Waals surface area contributed by atoms with Gasteiger partial charge in [0.1, 0.15) is 5.60 Å². The van der Waals surface area contributed by atoms with Crippen molar-refractivity contribution in [2.45, 2.75) is 71.1 Å². The summed E-state index contributed by atoms with van der Waals surface area (Å²) in [6, 6.07) is 5.88. The van der Waals surface area contributed by atoms with Crippen molar-refractivity contribution in [1.29, 1.82) is 0 Å². The average Bonchev–Trinajstić information content (AvgIpc) is 2.62. The highest BCUT2D eigenvalue weighted by molar-refractivity contribution is 5.88. The van der Waals surface area contributed by atoms with Gasteiger partial charge >= 0.3 is 6.09 Å². The fourth-order valence-corrected chi connectivity index (χ4v) is 3.52. The van der Waals surface area contributed by atoms with Crippen LogP contribution in [0.15, 0.2) is 36.0 Å². The molecule has 0 aromatic carbocycles. The van der Waals surface area contributed by atoms with E-state index in [1.165, 1.54) is 12.0 Å². The molecule has 0 radical (unpaired) electrons. The lowest BCUT2D eigenvalue weighted by molar-refractivity contribution is -0.130. The number of amides is 2. The summed E-state index contributed by atoms with van der Waals surface area (Å²) < 4.78 is 5.48. The van der Waals surface area contributed by atoms with Gasteiger partial charge in [0.25, 0.3) is 0 Å². The predicted octanol–water partition coefficient (Wildman–Crippen LogP) is 3.92. The lowest BCUT2D eigenvalue weighted by Crippen LogP contribution is -2.49. The summed E-state index contributed by atoms with van der Waals surface area (Å²) in [5, 5.41) is 0. The van der Waals surface area contributed by atoms with Gasteiger partial charge in [-0.05, 0) is 65.0 Å². The van der Waals surface area contributed by atoms with Crippen LogP contribution >= 0.6 is 0 Å². The standard InChI is InChI=1S/C22H31N3O3/c1-22(2,3)28-21(27)24-13-10-19(11-14-24)25(16-18-9-4-5-12-23-18)20(26)15-17-7-6-8-17/h4-5,9,12,15,19H,6-8,10-11,13-14,16H2,1-3H3. The molecule has 6 heteroatoms. The number of carbonyl (C=O) groups is 2.